The number of rotatable bonds is 7. The minimum absolute atomic E-state index is 0.0609. The topological polar surface area (TPSA) is 85.2 Å². The molecule has 0 radical (unpaired) electrons. The van der Waals surface area contributed by atoms with Crippen LogP contribution in [0.5, 0.6) is 0 Å². The van der Waals surface area contributed by atoms with E-state index in [-0.39, 0.29) is 36.3 Å². The number of carbonyl (C=O) groups excluding carboxylic acids is 2. The molecule has 0 spiro atoms. The average Bonchev–Trinajstić information content (AvgIpc) is 3.43. The van der Waals surface area contributed by atoms with Crippen LogP contribution in [0.25, 0.3) is 16.9 Å². The first-order valence-electron chi connectivity index (χ1n) is 10.9. The number of halogens is 5. The van der Waals surface area contributed by atoms with Crippen LogP contribution in [0.3, 0.4) is 0 Å². The molecule has 0 bridgehead atoms. The van der Waals surface area contributed by atoms with Crippen LogP contribution >= 0.6 is 11.6 Å². The smallest absolute Gasteiger partial charge is 0.364 e. The summed E-state index contributed by atoms with van der Waals surface area (Å²) in [4.78, 5) is 24.1. The molecule has 190 valence electrons. The standard InChI is InChI=1S/C24H21ClF4N4O3/c1-13(24(27,28)29)36-12-14-6-15(8-17(25)7-14)20-10-21(31-23(35)16-9-22(34)30-11-16)32-33(20)19-4-2-18(26)3-5-19/h2-8,10,13,16H,9,11-12H2,1H3,(H,30,34)(H,31,32,35)/t13-,16-/m1/s1. The number of hydrogen-bond acceptors (Lipinski definition) is 4. The fraction of sp³-hybridized carbons (Fsp3) is 0.292. The summed E-state index contributed by atoms with van der Waals surface area (Å²) in [5, 5.41) is 9.94. The summed E-state index contributed by atoms with van der Waals surface area (Å²) >= 11 is 6.25. The molecule has 2 aromatic carbocycles. The van der Waals surface area contributed by atoms with Gasteiger partial charge in [-0.25, -0.2) is 9.07 Å². The Morgan fingerprint density at radius 3 is 2.61 bits per heavy atom. The summed E-state index contributed by atoms with van der Waals surface area (Å²) in [6.07, 6.45) is -6.41. The van der Waals surface area contributed by atoms with E-state index in [0.29, 0.717) is 22.5 Å². The van der Waals surface area contributed by atoms with Gasteiger partial charge in [-0.3, -0.25) is 9.59 Å². The van der Waals surface area contributed by atoms with E-state index in [9.17, 15) is 27.2 Å². The van der Waals surface area contributed by atoms with Crippen LogP contribution in [-0.4, -0.2) is 40.4 Å². The summed E-state index contributed by atoms with van der Waals surface area (Å²) in [5.74, 6) is -1.46. The van der Waals surface area contributed by atoms with Crippen LogP contribution in [0.15, 0.2) is 48.5 Å². The molecule has 1 saturated heterocycles. The predicted octanol–water partition coefficient (Wildman–Crippen LogP) is 4.87. The summed E-state index contributed by atoms with van der Waals surface area (Å²) in [6, 6.07) is 11.7. The van der Waals surface area contributed by atoms with E-state index in [0.717, 1.165) is 6.92 Å². The van der Waals surface area contributed by atoms with Crippen molar-refractivity contribution in [1.82, 2.24) is 15.1 Å². The predicted molar refractivity (Wildman–Crippen MR) is 124 cm³/mol. The summed E-state index contributed by atoms with van der Waals surface area (Å²) in [5.41, 5.74) is 1.77. The molecule has 1 aliphatic heterocycles. The Bertz CT molecular complexity index is 1280. The second kappa shape index (κ2) is 10.3. The second-order valence-corrected chi connectivity index (χ2v) is 8.78. The molecule has 0 unspecified atom stereocenters. The van der Waals surface area contributed by atoms with Crippen LogP contribution in [0.4, 0.5) is 23.4 Å². The van der Waals surface area contributed by atoms with Gasteiger partial charge in [-0.05, 0) is 55.0 Å². The maximum atomic E-state index is 13.5. The van der Waals surface area contributed by atoms with Crippen molar-refractivity contribution < 1.29 is 31.9 Å². The first kappa shape index (κ1) is 25.6. The highest BCUT2D eigenvalue weighted by molar-refractivity contribution is 6.31. The lowest BCUT2D eigenvalue weighted by Gasteiger charge is -2.17. The Morgan fingerprint density at radius 2 is 1.97 bits per heavy atom. The number of hydrogen-bond donors (Lipinski definition) is 2. The van der Waals surface area contributed by atoms with E-state index in [1.54, 1.807) is 18.2 Å². The Kier molecular flexibility index (Phi) is 7.32. The van der Waals surface area contributed by atoms with Gasteiger partial charge in [0.1, 0.15) is 5.82 Å². The summed E-state index contributed by atoms with van der Waals surface area (Å²) in [7, 11) is 0. The SMILES string of the molecule is C[C@@H](OCc1cc(Cl)cc(-c2cc(NC(=O)[C@H]3CNC(=O)C3)nn2-c2ccc(F)cc2)c1)C(F)(F)F. The molecule has 4 rings (SSSR count). The number of nitrogens with one attached hydrogen (secondary N) is 2. The Hall–Kier alpha value is -3.44. The third-order valence-corrected chi connectivity index (χ3v) is 5.81. The van der Waals surface area contributed by atoms with Gasteiger partial charge in [0.2, 0.25) is 11.8 Å². The molecule has 2 N–H and O–H groups in total. The monoisotopic (exact) mass is 524 g/mol. The largest absolute Gasteiger partial charge is 0.414 e. The minimum Gasteiger partial charge on any atom is -0.364 e. The van der Waals surface area contributed by atoms with Crippen molar-refractivity contribution in [1.29, 1.82) is 0 Å². The molecule has 3 aromatic rings. The number of aromatic nitrogens is 2. The summed E-state index contributed by atoms with van der Waals surface area (Å²) < 4.78 is 58.4. The number of alkyl halides is 3. The number of anilines is 1. The number of carbonyl (C=O) groups is 2. The molecule has 2 atom stereocenters. The lowest BCUT2D eigenvalue weighted by atomic mass is 10.1. The van der Waals surface area contributed by atoms with E-state index in [1.165, 1.54) is 35.0 Å². The average molecular weight is 525 g/mol. The normalized spacial score (nSPS) is 16.6. The van der Waals surface area contributed by atoms with E-state index < -0.39 is 29.9 Å². The van der Waals surface area contributed by atoms with Gasteiger partial charge in [-0.2, -0.15) is 13.2 Å². The van der Waals surface area contributed by atoms with E-state index in [1.807, 2.05) is 0 Å². The van der Waals surface area contributed by atoms with Gasteiger partial charge in [0, 0.05) is 29.6 Å². The van der Waals surface area contributed by atoms with Gasteiger partial charge >= 0.3 is 6.18 Å². The molecule has 12 heteroatoms. The van der Waals surface area contributed by atoms with Crippen molar-refractivity contribution in [2.75, 3.05) is 11.9 Å². The molecule has 0 aliphatic carbocycles. The van der Waals surface area contributed by atoms with Crippen LogP contribution < -0.4 is 10.6 Å². The molecule has 36 heavy (non-hydrogen) atoms. The highest BCUT2D eigenvalue weighted by atomic mass is 35.5. The van der Waals surface area contributed by atoms with Gasteiger partial charge < -0.3 is 15.4 Å². The Morgan fingerprint density at radius 1 is 1.25 bits per heavy atom. The minimum atomic E-state index is -4.50. The molecular weight excluding hydrogens is 504 g/mol. The molecule has 7 nitrogen and oxygen atoms in total. The lowest BCUT2D eigenvalue weighted by Crippen LogP contribution is -2.28. The second-order valence-electron chi connectivity index (χ2n) is 8.34. The van der Waals surface area contributed by atoms with Crippen LogP contribution in [0.2, 0.25) is 5.02 Å². The zero-order valence-electron chi connectivity index (χ0n) is 18.9. The molecule has 0 saturated carbocycles. The van der Waals surface area contributed by atoms with Gasteiger partial charge in [0.15, 0.2) is 11.9 Å². The van der Waals surface area contributed by atoms with Crippen molar-refractivity contribution in [2.45, 2.75) is 32.2 Å². The van der Waals surface area contributed by atoms with Crippen molar-refractivity contribution in [3.63, 3.8) is 0 Å². The zero-order valence-corrected chi connectivity index (χ0v) is 19.7. The molecule has 1 aromatic heterocycles. The van der Waals surface area contributed by atoms with Gasteiger partial charge in [-0.1, -0.05) is 11.6 Å². The number of nitrogens with zero attached hydrogens (tertiary/aromatic N) is 2. The number of benzene rings is 2. The molecule has 1 fully saturated rings. The van der Waals surface area contributed by atoms with Gasteiger partial charge in [-0.15, -0.1) is 5.10 Å². The van der Waals surface area contributed by atoms with Crippen LogP contribution in [0.1, 0.15) is 18.9 Å². The summed E-state index contributed by atoms with van der Waals surface area (Å²) in [6.45, 7) is 0.785. The third-order valence-electron chi connectivity index (χ3n) is 5.59. The van der Waals surface area contributed by atoms with Crippen molar-refractivity contribution in [3.05, 3.63) is 64.9 Å². The Balaban J connectivity index is 1.67. The lowest BCUT2D eigenvalue weighted by molar-refractivity contribution is -0.217. The molecular formula is C24H21ClF4N4O3. The van der Waals surface area contributed by atoms with E-state index in [4.69, 9.17) is 16.3 Å². The third kappa shape index (κ3) is 6.03. The Labute approximate surface area is 208 Å². The van der Waals surface area contributed by atoms with Gasteiger partial charge in [0.05, 0.1) is 23.9 Å². The fourth-order valence-electron chi connectivity index (χ4n) is 3.64. The van der Waals surface area contributed by atoms with Gasteiger partial charge in [0.25, 0.3) is 0 Å². The van der Waals surface area contributed by atoms with E-state index in [2.05, 4.69) is 15.7 Å². The highest BCUT2D eigenvalue weighted by Gasteiger charge is 2.37. The van der Waals surface area contributed by atoms with Crippen LogP contribution in [-0.2, 0) is 20.9 Å². The van der Waals surface area contributed by atoms with E-state index >= 15 is 0 Å². The van der Waals surface area contributed by atoms with Crippen LogP contribution in [0, 0.1) is 11.7 Å². The number of amides is 2. The molecule has 2 heterocycles. The first-order valence-corrected chi connectivity index (χ1v) is 11.3. The quantitative estimate of drug-likeness (QED) is 0.432. The fourth-order valence-corrected chi connectivity index (χ4v) is 3.90. The van der Waals surface area contributed by atoms with Crippen molar-refractivity contribution >= 4 is 29.2 Å². The molecule has 2 amide bonds. The highest BCUT2D eigenvalue weighted by Crippen LogP contribution is 2.31. The maximum absolute atomic E-state index is 13.5. The molecule has 1 aliphatic rings. The first-order chi connectivity index (χ1) is 17.0. The van der Waals surface area contributed by atoms with Crippen molar-refractivity contribution in [3.8, 4) is 16.9 Å². The van der Waals surface area contributed by atoms with Crippen molar-refractivity contribution in [2.24, 2.45) is 5.92 Å². The maximum Gasteiger partial charge on any atom is 0.414 e. The zero-order chi connectivity index (χ0) is 26.0. The number of ether oxygens (including phenoxy) is 1.